The highest BCUT2D eigenvalue weighted by atomic mass is 16.6. The number of non-ortho nitro benzene ring substituents is 1. The average molecular weight is 235 g/mol. The van der Waals surface area contributed by atoms with Gasteiger partial charge in [0.2, 0.25) is 0 Å². The largest absolute Gasteiger partial charge is 0.393 e. The fourth-order valence-corrected chi connectivity index (χ4v) is 1.63. The van der Waals surface area contributed by atoms with E-state index in [4.69, 9.17) is 0 Å². The monoisotopic (exact) mass is 235 g/mol. The number of nitrogens with one attached hydrogen (secondary N) is 1. The lowest BCUT2D eigenvalue weighted by Crippen LogP contribution is -2.02. The third-order valence-corrected chi connectivity index (χ3v) is 2.52. The Morgan fingerprint density at radius 2 is 2.35 bits per heavy atom. The Hall–Kier alpha value is -1.95. The molecule has 1 aromatic heterocycles. The second kappa shape index (κ2) is 4.50. The summed E-state index contributed by atoms with van der Waals surface area (Å²) >= 11 is 0. The predicted octanol–water partition coefficient (Wildman–Crippen LogP) is 1.78. The van der Waals surface area contributed by atoms with Crippen molar-refractivity contribution < 1.29 is 10.0 Å². The van der Waals surface area contributed by atoms with E-state index in [1.165, 1.54) is 12.1 Å². The average Bonchev–Trinajstić information content (AvgIpc) is 2.67. The standard InChI is InChI=1S/C11H13N3O3/c1-7(15)2-5-11-12-9-4-3-8(14(16)17)6-10(9)13-11/h3-4,6-7,15H,2,5H2,1H3,(H,12,13)/t7-/m1/s1. The van der Waals surface area contributed by atoms with Gasteiger partial charge in [0.25, 0.3) is 5.69 Å². The molecule has 17 heavy (non-hydrogen) atoms. The molecule has 0 bridgehead atoms. The summed E-state index contributed by atoms with van der Waals surface area (Å²) in [5, 5.41) is 19.8. The number of rotatable bonds is 4. The molecule has 0 saturated carbocycles. The lowest BCUT2D eigenvalue weighted by molar-refractivity contribution is -0.384. The Kier molecular flexibility index (Phi) is 3.06. The molecular formula is C11H13N3O3. The molecule has 90 valence electrons. The predicted molar refractivity (Wildman–Crippen MR) is 62.7 cm³/mol. The molecule has 0 aliphatic rings. The van der Waals surface area contributed by atoms with E-state index in [2.05, 4.69) is 9.97 Å². The first-order valence-corrected chi connectivity index (χ1v) is 5.37. The molecule has 0 fully saturated rings. The summed E-state index contributed by atoms with van der Waals surface area (Å²) < 4.78 is 0. The molecule has 2 N–H and O–H groups in total. The maximum Gasteiger partial charge on any atom is 0.271 e. The Bertz CT molecular complexity index is 548. The summed E-state index contributed by atoms with van der Waals surface area (Å²) in [7, 11) is 0. The number of benzene rings is 1. The Morgan fingerprint density at radius 1 is 1.59 bits per heavy atom. The molecule has 6 nitrogen and oxygen atoms in total. The molecule has 6 heteroatoms. The van der Waals surface area contributed by atoms with Crippen molar-refractivity contribution in [3.8, 4) is 0 Å². The van der Waals surface area contributed by atoms with Gasteiger partial charge in [-0.1, -0.05) is 0 Å². The van der Waals surface area contributed by atoms with Crippen LogP contribution in [0.3, 0.4) is 0 Å². The van der Waals surface area contributed by atoms with Crippen molar-refractivity contribution in [1.82, 2.24) is 9.97 Å². The Morgan fingerprint density at radius 3 is 3.00 bits per heavy atom. The van der Waals surface area contributed by atoms with Crippen molar-refractivity contribution in [3.63, 3.8) is 0 Å². The molecular weight excluding hydrogens is 222 g/mol. The van der Waals surface area contributed by atoms with Crippen LogP contribution in [0.15, 0.2) is 18.2 Å². The van der Waals surface area contributed by atoms with Crippen molar-refractivity contribution in [2.75, 3.05) is 0 Å². The summed E-state index contributed by atoms with van der Waals surface area (Å²) in [5.74, 6) is 0.737. The van der Waals surface area contributed by atoms with E-state index in [0.29, 0.717) is 23.9 Å². The molecule has 2 aromatic rings. The first kappa shape index (κ1) is 11.5. The number of aromatic amines is 1. The van der Waals surface area contributed by atoms with Crippen LogP contribution in [0.1, 0.15) is 19.2 Å². The van der Waals surface area contributed by atoms with Crippen molar-refractivity contribution in [1.29, 1.82) is 0 Å². The van der Waals surface area contributed by atoms with E-state index >= 15 is 0 Å². The molecule has 0 saturated heterocycles. The van der Waals surface area contributed by atoms with Crippen LogP contribution in [0.25, 0.3) is 11.0 Å². The van der Waals surface area contributed by atoms with E-state index in [1.807, 2.05) is 0 Å². The van der Waals surface area contributed by atoms with Crippen LogP contribution in [-0.2, 0) is 6.42 Å². The number of hydrogen-bond acceptors (Lipinski definition) is 4. The number of aliphatic hydroxyl groups is 1. The van der Waals surface area contributed by atoms with Crippen LogP contribution < -0.4 is 0 Å². The molecule has 1 aromatic carbocycles. The van der Waals surface area contributed by atoms with E-state index in [-0.39, 0.29) is 11.8 Å². The zero-order valence-electron chi connectivity index (χ0n) is 9.38. The van der Waals surface area contributed by atoms with Gasteiger partial charge in [-0.3, -0.25) is 10.1 Å². The third kappa shape index (κ3) is 2.59. The Balaban J connectivity index is 2.27. The topological polar surface area (TPSA) is 92.1 Å². The van der Waals surface area contributed by atoms with Gasteiger partial charge in [0.15, 0.2) is 0 Å². The second-order valence-corrected chi connectivity index (χ2v) is 4.03. The zero-order chi connectivity index (χ0) is 12.4. The van der Waals surface area contributed by atoms with E-state index in [0.717, 1.165) is 5.82 Å². The summed E-state index contributed by atoms with van der Waals surface area (Å²) in [5.41, 5.74) is 1.40. The molecule has 0 aliphatic heterocycles. The molecule has 0 spiro atoms. The van der Waals surface area contributed by atoms with E-state index in [9.17, 15) is 15.2 Å². The molecule has 0 radical (unpaired) electrons. The molecule has 0 unspecified atom stereocenters. The molecule has 1 atom stereocenters. The second-order valence-electron chi connectivity index (χ2n) is 4.03. The number of nitro benzene ring substituents is 1. The van der Waals surface area contributed by atoms with Gasteiger partial charge in [0.05, 0.1) is 22.1 Å². The van der Waals surface area contributed by atoms with Crippen LogP contribution in [0.4, 0.5) is 5.69 Å². The van der Waals surface area contributed by atoms with Crippen molar-refractivity contribution in [2.24, 2.45) is 0 Å². The van der Waals surface area contributed by atoms with Crippen LogP contribution in [0.5, 0.6) is 0 Å². The van der Waals surface area contributed by atoms with Gasteiger partial charge in [0, 0.05) is 18.6 Å². The lowest BCUT2D eigenvalue weighted by Gasteiger charge is -1.99. The minimum atomic E-state index is -0.435. The minimum absolute atomic E-state index is 0.0447. The smallest absolute Gasteiger partial charge is 0.271 e. The van der Waals surface area contributed by atoms with Crippen molar-refractivity contribution in [3.05, 3.63) is 34.1 Å². The van der Waals surface area contributed by atoms with Gasteiger partial charge < -0.3 is 10.1 Å². The molecule has 0 amide bonds. The minimum Gasteiger partial charge on any atom is -0.393 e. The number of aliphatic hydroxyl groups excluding tert-OH is 1. The number of aryl methyl sites for hydroxylation is 1. The first-order valence-electron chi connectivity index (χ1n) is 5.37. The molecule has 1 heterocycles. The maximum absolute atomic E-state index is 10.6. The SMILES string of the molecule is C[C@@H](O)CCc1nc2ccc([N+](=O)[O-])cc2[nH]1. The fourth-order valence-electron chi connectivity index (χ4n) is 1.63. The van der Waals surface area contributed by atoms with Gasteiger partial charge in [-0.15, -0.1) is 0 Å². The number of imidazole rings is 1. The third-order valence-electron chi connectivity index (χ3n) is 2.52. The van der Waals surface area contributed by atoms with Crippen LogP contribution in [0, 0.1) is 10.1 Å². The van der Waals surface area contributed by atoms with Crippen LogP contribution in [-0.4, -0.2) is 26.1 Å². The summed E-state index contributed by atoms with van der Waals surface area (Å²) in [6.45, 7) is 1.72. The van der Waals surface area contributed by atoms with Crippen molar-refractivity contribution >= 4 is 16.7 Å². The molecule has 2 rings (SSSR count). The van der Waals surface area contributed by atoms with Gasteiger partial charge in [-0.05, 0) is 19.4 Å². The van der Waals surface area contributed by atoms with Crippen molar-refractivity contribution in [2.45, 2.75) is 25.9 Å². The van der Waals surface area contributed by atoms with E-state index < -0.39 is 4.92 Å². The van der Waals surface area contributed by atoms with Crippen LogP contribution in [0.2, 0.25) is 0 Å². The molecule has 0 aliphatic carbocycles. The van der Waals surface area contributed by atoms with Gasteiger partial charge in [-0.25, -0.2) is 4.98 Å². The lowest BCUT2D eigenvalue weighted by atomic mass is 10.2. The first-order chi connectivity index (χ1) is 8.06. The summed E-state index contributed by atoms with van der Waals surface area (Å²) in [6.07, 6.45) is 0.861. The number of nitrogens with zero attached hydrogens (tertiary/aromatic N) is 2. The highest BCUT2D eigenvalue weighted by Crippen LogP contribution is 2.19. The number of fused-ring (bicyclic) bond motifs is 1. The van der Waals surface area contributed by atoms with Gasteiger partial charge in [-0.2, -0.15) is 0 Å². The quantitative estimate of drug-likeness (QED) is 0.624. The Labute approximate surface area is 97.4 Å². The summed E-state index contributed by atoms with van der Waals surface area (Å²) in [4.78, 5) is 17.5. The van der Waals surface area contributed by atoms with Crippen LogP contribution >= 0.6 is 0 Å². The van der Waals surface area contributed by atoms with Gasteiger partial charge >= 0.3 is 0 Å². The zero-order valence-corrected chi connectivity index (χ0v) is 9.38. The summed E-state index contributed by atoms with van der Waals surface area (Å²) in [6, 6.07) is 4.52. The number of hydrogen-bond donors (Lipinski definition) is 2. The number of H-pyrrole nitrogens is 1. The highest BCUT2D eigenvalue weighted by Gasteiger charge is 2.09. The number of nitro groups is 1. The fraction of sp³-hybridized carbons (Fsp3) is 0.364. The van der Waals surface area contributed by atoms with Gasteiger partial charge in [0.1, 0.15) is 5.82 Å². The number of aromatic nitrogens is 2. The van der Waals surface area contributed by atoms with E-state index in [1.54, 1.807) is 13.0 Å². The highest BCUT2D eigenvalue weighted by molar-refractivity contribution is 5.77. The maximum atomic E-state index is 10.6. The normalized spacial score (nSPS) is 12.8.